The van der Waals surface area contributed by atoms with Gasteiger partial charge in [0.05, 0.1) is 12.2 Å². The zero-order valence-corrected chi connectivity index (χ0v) is 17.8. The highest BCUT2D eigenvalue weighted by molar-refractivity contribution is 5.15. The minimum atomic E-state index is 0.124. The van der Waals surface area contributed by atoms with E-state index < -0.39 is 0 Å². The second-order valence-electron chi connectivity index (χ2n) is 8.87. The molecule has 4 rings (SSSR count). The zero-order valence-electron chi connectivity index (χ0n) is 17.8. The number of benzene rings is 2. The van der Waals surface area contributed by atoms with Crippen LogP contribution in [0.15, 0.2) is 60.7 Å². The topological polar surface area (TPSA) is 15.7 Å². The Bertz CT molecular complexity index is 714. The molecule has 1 saturated heterocycles. The van der Waals surface area contributed by atoms with Crippen molar-refractivity contribution in [3.05, 3.63) is 71.8 Å². The largest absolute Gasteiger partial charge is 0.372 e. The lowest BCUT2D eigenvalue weighted by molar-refractivity contribution is -0.00733. The van der Waals surface area contributed by atoms with E-state index in [-0.39, 0.29) is 5.60 Å². The molecule has 0 amide bonds. The summed E-state index contributed by atoms with van der Waals surface area (Å²) in [5.41, 5.74) is 2.98. The predicted octanol–water partition coefficient (Wildman–Crippen LogP) is 4.77. The summed E-state index contributed by atoms with van der Waals surface area (Å²) in [5, 5.41) is 0. The highest BCUT2D eigenvalue weighted by atomic mass is 16.5. The van der Waals surface area contributed by atoms with Crippen molar-refractivity contribution in [1.29, 1.82) is 0 Å². The van der Waals surface area contributed by atoms with Crippen LogP contribution in [0.5, 0.6) is 0 Å². The molecule has 1 saturated carbocycles. The van der Waals surface area contributed by atoms with Crippen molar-refractivity contribution in [2.24, 2.45) is 0 Å². The van der Waals surface area contributed by atoms with Crippen LogP contribution in [0.3, 0.4) is 0 Å². The summed E-state index contributed by atoms with van der Waals surface area (Å²) in [7, 11) is 0. The lowest BCUT2D eigenvalue weighted by Crippen LogP contribution is -2.39. The van der Waals surface area contributed by atoms with E-state index in [0.717, 1.165) is 39.2 Å². The van der Waals surface area contributed by atoms with Crippen molar-refractivity contribution in [3.8, 4) is 0 Å². The van der Waals surface area contributed by atoms with E-state index in [1.165, 1.54) is 56.3 Å². The van der Waals surface area contributed by atoms with E-state index in [0.29, 0.717) is 0 Å². The first-order chi connectivity index (χ1) is 14.3. The van der Waals surface area contributed by atoms with E-state index in [1.807, 2.05) is 0 Å². The molecule has 2 aromatic rings. The first-order valence-electron chi connectivity index (χ1n) is 11.5. The summed E-state index contributed by atoms with van der Waals surface area (Å²) in [6.45, 7) is 7.59. The highest BCUT2D eigenvalue weighted by Gasteiger charge is 2.45. The third-order valence-corrected chi connectivity index (χ3v) is 6.39. The molecule has 1 aliphatic heterocycles. The van der Waals surface area contributed by atoms with Gasteiger partial charge in [-0.05, 0) is 56.3 Å². The van der Waals surface area contributed by atoms with Crippen molar-refractivity contribution >= 4 is 0 Å². The van der Waals surface area contributed by atoms with Gasteiger partial charge in [-0.2, -0.15) is 0 Å². The first kappa shape index (κ1) is 20.6. The molecule has 0 atom stereocenters. The monoisotopic (exact) mass is 392 g/mol. The van der Waals surface area contributed by atoms with E-state index >= 15 is 0 Å². The predicted molar refractivity (Wildman–Crippen MR) is 120 cm³/mol. The molecule has 0 aromatic heterocycles. The molecule has 29 heavy (non-hydrogen) atoms. The van der Waals surface area contributed by atoms with Crippen LogP contribution in [0.1, 0.15) is 43.2 Å². The maximum Gasteiger partial charge on any atom is 0.0811 e. The Kier molecular flexibility index (Phi) is 7.37. The standard InChI is InChI=1S/C26H36N2O/c1-4-10-24(11-5-1)14-19-27-17-8-3-9-18-28(22-25-12-6-2-7-13-25)23-26(15-16-26)29-21-20-27/h1-2,4-7,10-13H,3,8-9,14-23H2. The molecule has 2 aromatic carbocycles. The van der Waals surface area contributed by atoms with Gasteiger partial charge in [-0.25, -0.2) is 0 Å². The van der Waals surface area contributed by atoms with Crippen molar-refractivity contribution in [2.45, 2.75) is 50.7 Å². The molecule has 156 valence electrons. The first-order valence-corrected chi connectivity index (χ1v) is 11.5. The van der Waals surface area contributed by atoms with Crippen LogP contribution in [-0.2, 0) is 17.7 Å². The average molecular weight is 393 g/mol. The van der Waals surface area contributed by atoms with Gasteiger partial charge in [0.1, 0.15) is 0 Å². The van der Waals surface area contributed by atoms with Crippen molar-refractivity contribution in [2.75, 3.05) is 39.3 Å². The highest BCUT2D eigenvalue weighted by Crippen LogP contribution is 2.40. The summed E-state index contributed by atoms with van der Waals surface area (Å²) in [4.78, 5) is 5.25. The maximum absolute atomic E-state index is 6.48. The van der Waals surface area contributed by atoms with Crippen molar-refractivity contribution in [3.63, 3.8) is 0 Å². The Morgan fingerprint density at radius 3 is 2.07 bits per heavy atom. The summed E-state index contributed by atoms with van der Waals surface area (Å²) >= 11 is 0. The third kappa shape index (κ3) is 6.67. The van der Waals surface area contributed by atoms with Gasteiger partial charge in [-0.3, -0.25) is 4.90 Å². The van der Waals surface area contributed by atoms with Crippen LogP contribution in [-0.4, -0.2) is 54.7 Å². The van der Waals surface area contributed by atoms with E-state index in [2.05, 4.69) is 70.5 Å². The molecule has 2 aliphatic rings. The zero-order chi connectivity index (χ0) is 19.8. The molecule has 1 spiro atoms. The van der Waals surface area contributed by atoms with E-state index in [9.17, 15) is 0 Å². The fraction of sp³-hybridized carbons (Fsp3) is 0.538. The van der Waals surface area contributed by atoms with Crippen molar-refractivity contribution < 1.29 is 4.74 Å². The Balaban J connectivity index is 1.30. The lowest BCUT2D eigenvalue weighted by atomic mass is 10.1. The van der Waals surface area contributed by atoms with E-state index in [4.69, 9.17) is 4.74 Å². The third-order valence-electron chi connectivity index (χ3n) is 6.39. The molecule has 0 N–H and O–H groups in total. The number of nitrogens with zero attached hydrogens (tertiary/aromatic N) is 2. The molecule has 2 fully saturated rings. The van der Waals surface area contributed by atoms with Gasteiger partial charge >= 0.3 is 0 Å². The smallest absolute Gasteiger partial charge is 0.0811 e. The molecular formula is C26H36N2O. The normalized spacial score (nSPS) is 21.4. The molecular weight excluding hydrogens is 356 g/mol. The summed E-state index contributed by atoms with van der Waals surface area (Å²) < 4.78 is 6.48. The molecule has 1 heterocycles. The number of hydrogen-bond acceptors (Lipinski definition) is 3. The summed E-state index contributed by atoms with van der Waals surface area (Å²) in [6, 6.07) is 21.8. The van der Waals surface area contributed by atoms with Crippen molar-refractivity contribution in [1.82, 2.24) is 9.80 Å². The molecule has 0 unspecified atom stereocenters. The van der Waals surface area contributed by atoms with Gasteiger partial charge in [0.2, 0.25) is 0 Å². The maximum atomic E-state index is 6.48. The number of hydrogen-bond donors (Lipinski definition) is 0. The molecule has 1 aliphatic carbocycles. The second kappa shape index (κ2) is 10.4. The molecule has 0 radical (unpaired) electrons. The number of rotatable bonds is 5. The Morgan fingerprint density at radius 2 is 1.38 bits per heavy atom. The van der Waals surface area contributed by atoms with Crippen LogP contribution in [0.25, 0.3) is 0 Å². The summed E-state index contributed by atoms with van der Waals surface area (Å²) in [6.07, 6.45) is 7.48. The van der Waals surface area contributed by atoms with Gasteiger partial charge in [0.25, 0.3) is 0 Å². The molecule has 0 bridgehead atoms. The Labute approximate surface area is 176 Å². The molecule has 3 nitrogen and oxygen atoms in total. The van der Waals surface area contributed by atoms with Gasteiger partial charge in [-0.15, -0.1) is 0 Å². The fourth-order valence-electron chi connectivity index (χ4n) is 4.46. The SMILES string of the molecule is c1ccc(CCN2CCCCCN(Cc3ccccc3)CC3(CC3)OCC2)cc1. The van der Waals surface area contributed by atoms with Gasteiger partial charge in [-0.1, -0.05) is 67.1 Å². The summed E-state index contributed by atoms with van der Waals surface area (Å²) in [5.74, 6) is 0. The molecule has 3 heteroatoms. The Hall–Kier alpha value is -1.68. The number of ether oxygens (including phenoxy) is 1. The van der Waals surface area contributed by atoms with Crippen LogP contribution >= 0.6 is 0 Å². The fourth-order valence-corrected chi connectivity index (χ4v) is 4.46. The van der Waals surface area contributed by atoms with Gasteiger partial charge in [0.15, 0.2) is 0 Å². The van der Waals surface area contributed by atoms with Crippen LogP contribution in [0.2, 0.25) is 0 Å². The van der Waals surface area contributed by atoms with E-state index in [1.54, 1.807) is 0 Å². The van der Waals surface area contributed by atoms with Crippen LogP contribution in [0, 0.1) is 0 Å². The minimum Gasteiger partial charge on any atom is -0.372 e. The Morgan fingerprint density at radius 1 is 0.724 bits per heavy atom. The average Bonchev–Trinajstić information content (AvgIpc) is 3.51. The minimum absolute atomic E-state index is 0.124. The van der Waals surface area contributed by atoms with Gasteiger partial charge in [0, 0.05) is 26.2 Å². The quantitative estimate of drug-likeness (QED) is 0.729. The van der Waals surface area contributed by atoms with Gasteiger partial charge < -0.3 is 9.64 Å². The lowest BCUT2D eigenvalue weighted by Gasteiger charge is -2.30. The van der Waals surface area contributed by atoms with Crippen LogP contribution < -0.4 is 0 Å². The second-order valence-corrected chi connectivity index (χ2v) is 8.87. The van der Waals surface area contributed by atoms with Crippen LogP contribution in [0.4, 0.5) is 0 Å².